The molecule has 0 aliphatic heterocycles. The predicted octanol–water partition coefficient (Wildman–Crippen LogP) is 22.2. The number of fused-ring (bicyclic) bond motifs is 6. The van der Waals surface area contributed by atoms with Crippen molar-refractivity contribution in [1.82, 2.24) is 0 Å². The van der Waals surface area contributed by atoms with E-state index in [1.165, 1.54) is 127 Å². The number of hydrogen-bond acceptors (Lipinski definition) is 5. The standard InChI is InChI=1S/C17H14.C11H12O.C11H12S.2C10H10S.C9H8S/c1-13-16-10-6-5-9-15(16)11-12-17(13)14-7-3-2-4-8-14;2*1-7-5-4-6-10-11(7)8(2)9(3)12-10;1-7-4-3-5-10-9(7)6-8(2)11-10;1-7-4-3-5-9-10(7)8(2)6-11-9;1-7-3-2-4-9-8(7)5-6-10-9/h2-12H,1H3;2*4-6H,1-3H3;2*3-6H,1-2H3;2-6H,1H3. The molecule has 13 rings (SSSR count). The van der Waals surface area contributed by atoms with Gasteiger partial charge in [0, 0.05) is 33.9 Å². The van der Waals surface area contributed by atoms with Gasteiger partial charge < -0.3 is 4.42 Å². The van der Waals surface area contributed by atoms with Crippen LogP contribution in [0.5, 0.6) is 0 Å². The summed E-state index contributed by atoms with van der Waals surface area (Å²) < 4.78 is 11.2. The van der Waals surface area contributed by atoms with Crippen molar-refractivity contribution in [2.24, 2.45) is 0 Å². The van der Waals surface area contributed by atoms with E-state index in [1.807, 2.05) is 53.1 Å². The molecule has 0 bridgehead atoms. The molecule has 0 radical (unpaired) electrons. The van der Waals surface area contributed by atoms with Crippen molar-refractivity contribution in [2.75, 3.05) is 0 Å². The Morgan fingerprint density at radius 3 is 1.60 bits per heavy atom. The van der Waals surface area contributed by atoms with Crippen molar-refractivity contribution in [1.29, 1.82) is 0 Å². The Morgan fingerprint density at radius 2 is 0.945 bits per heavy atom. The zero-order valence-corrected chi connectivity index (χ0v) is 47.6. The summed E-state index contributed by atoms with van der Waals surface area (Å²) in [6.07, 6.45) is 0. The van der Waals surface area contributed by atoms with E-state index in [4.69, 9.17) is 4.42 Å². The lowest BCUT2D eigenvalue weighted by molar-refractivity contribution is 0.575. The van der Waals surface area contributed by atoms with E-state index in [2.05, 4.69) is 245 Å². The van der Waals surface area contributed by atoms with Gasteiger partial charge in [0.15, 0.2) is 0 Å². The zero-order valence-electron chi connectivity index (χ0n) is 44.4. The highest BCUT2D eigenvalue weighted by Gasteiger charge is 2.09. The Balaban J connectivity index is 0.000000118. The van der Waals surface area contributed by atoms with Crippen molar-refractivity contribution in [3.05, 3.63) is 246 Å². The molecule has 0 saturated carbocycles. The highest BCUT2D eigenvalue weighted by Crippen LogP contribution is 2.33. The molecule has 0 unspecified atom stereocenters. The Labute approximate surface area is 449 Å². The van der Waals surface area contributed by atoms with Gasteiger partial charge in [-0.25, -0.2) is 0 Å². The first-order chi connectivity index (χ1) is 35.2. The number of aryl methyl sites for hydroxylation is 12. The molecule has 0 aliphatic carbocycles. The first kappa shape index (κ1) is 52.7. The fourth-order valence-electron chi connectivity index (χ4n) is 9.54. The summed E-state index contributed by atoms with van der Waals surface area (Å²) in [5.41, 5.74) is 15.9. The minimum Gasteiger partial charge on any atom is -0.461 e. The smallest absolute Gasteiger partial charge is 0.134 e. The maximum atomic E-state index is 5.58. The maximum absolute atomic E-state index is 5.58. The second kappa shape index (κ2) is 24.0. The highest BCUT2D eigenvalue weighted by atomic mass is 32.1. The largest absolute Gasteiger partial charge is 0.461 e. The summed E-state index contributed by atoms with van der Waals surface area (Å²) in [7, 11) is 0. The van der Waals surface area contributed by atoms with E-state index >= 15 is 0 Å². The van der Waals surface area contributed by atoms with Crippen molar-refractivity contribution < 1.29 is 4.42 Å². The van der Waals surface area contributed by atoms with Gasteiger partial charge in [-0.15, -0.1) is 45.3 Å². The molecule has 0 N–H and O–H groups in total. The maximum Gasteiger partial charge on any atom is 0.134 e. The zero-order chi connectivity index (χ0) is 51.8. The quantitative estimate of drug-likeness (QED) is 0.160. The van der Waals surface area contributed by atoms with Gasteiger partial charge in [-0.05, 0) is 230 Å². The molecule has 1 nitrogen and oxygen atoms in total. The molecule has 5 heteroatoms. The molecule has 0 aliphatic rings. The van der Waals surface area contributed by atoms with E-state index in [0.29, 0.717) is 0 Å². The van der Waals surface area contributed by atoms with E-state index in [9.17, 15) is 0 Å². The Morgan fingerprint density at radius 1 is 0.356 bits per heavy atom. The summed E-state index contributed by atoms with van der Waals surface area (Å²) in [6.45, 7) is 25.8. The molecule has 0 amide bonds. The Hall–Kier alpha value is -6.60. The first-order valence-corrected chi connectivity index (χ1v) is 28.4. The number of rotatable bonds is 1. The van der Waals surface area contributed by atoms with Crippen LogP contribution in [0.1, 0.15) is 65.6 Å². The summed E-state index contributed by atoms with van der Waals surface area (Å²) >= 11 is 7.39. The summed E-state index contributed by atoms with van der Waals surface area (Å²) in [5, 5.41) is 14.0. The van der Waals surface area contributed by atoms with E-state index < -0.39 is 0 Å². The van der Waals surface area contributed by atoms with Crippen LogP contribution < -0.4 is 0 Å². The second-order valence-electron chi connectivity index (χ2n) is 18.9. The van der Waals surface area contributed by atoms with Gasteiger partial charge in [-0.1, -0.05) is 127 Å². The topological polar surface area (TPSA) is 13.1 Å². The number of hydrogen-bond donors (Lipinski definition) is 0. The number of furan rings is 1. The van der Waals surface area contributed by atoms with Crippen LogP contribution >= 0.6 is 45.3 Å². The van der Waals surface area contributed by atoms with Crippen LogP contribution in [0.3, 0.4) is 0 Å². The van der Waals surface area contributed by atoms with E-state index in [-0.39, 0.29) is 0 Å². The molecule has 0 atom stereocenters. The number of benzene rings is 8. The average Bonchev–Trinajstić information content (AvgIpc) is 4.23. The van der Waals surface area contributed by atoms with Crippen molar-refractivity contribution in [3.8, 4) is 11.1 Å². The van der Waals surface area contributed by atoms with Crippen LogP contribution in [0, 0.1) is 83.1 Å². The van der Waals surface area contributed by atoms with Gasteiger partial charge in [0.1, 0.15) is 11.3 Å². The van der Waals surface area contributed by atoms with Crippen molar-refractivity contribution >= 4 is 107 Å². The molecule has 5 heterocycles. The molecule has 13 aromatic rings. The molecule has 8 aromatic carbocycles. The van der Waals surface area contributed by atoms with Crippen LogP contribution in [-0.4, -0.2) is 0 Å². The van der Waals surface area contributed by atoms with E-state index in [1.54, 1.807) is 11.3 Å². The fraction of sp³-hybridized carbons (Fsp3) is 0.176. The molecular weight excluding hydrogens is 961 g/mol. The van der Waals surface area contributed by atoms with E-state index in [0.717, 1.165) is 11.3 Å². The van der Waals surface area contributed by atoms with Gasteiger partial charge in [0.25, 0.3) is 0 Å². The Bertz CT molecular complexity index is 3850. The van der Waals surface area contributed by atoms with Gasteiger partial charge >= 0.3 is 0 Å². The molecular formula is C68H66OS4. The second-order valence-corrected chi connectivity index (χ2v) is 23.3. The van der Waals surface area contributed by atoms with Gasteiger partial charge in [0.2, 0.25) is 0 Å². The lowest BCUT2D eigenvalue weighted by Gasteiger charge is -2.09. The normalized spacial score (nSPS) is 10.7. The molecule has 0 fully saturated rings. The SMILES string of the molecule is Cc1c(-c2ccccc2)ccc2ccccc12.Cc1cc2c(C)cccc2s1.Cc1cccc2scc(C)c12.Cc1cccc2sccc12.Cc1oc2cccc(C)c2c1C.Cc1sc2cccc(C)c2c1C. The Kier molecular flexibility index (Phi) is 17.3. The van der Waals surface area contributed by atoms with Gasteiger partial charge in [0.05, 0.1) is 0 Å². The van der Waals surface area contributed by atoms with Crippen LogP contribution in [0.2, 0.25) is 0 Å². The summed E-state index contributed by atoms with van der Waals surface area (Å²) in [5.74, 6) is 1.03. The molecule has 0 saturated heterocycles. The molecule has 368 valence electrons. The number of thiophene rings is 4. The fourth-order valence-corrected chi connectivity index (χ4v) is 13.6. The predicted molar refractivity (Wildman–Crippen MR) is 330 cm³/mol. The summed E-state index contributed by atoms with van der Waals surface area (Å²) in [6, 6.07) is 60.0. The third-order valence-electron chi connectivity index (χ3n) is 13.7. The lowest BCUT2D eigenvalue weighted by Crippen LogP contribution is -1.85. The minimum atomic E-state index is 1.00. The van der Waals surface area contributed by atoms with Crippen LogP contribution in [-0.2, 0) is 0 Å². The average molecular weight is 1030 g/mol. The molecule has 0 spiro atoms. The molecule has 73 heavy (non-hydrogen) atoms. The van der Waals surface area contributed by atoms with Gasteiger partial charge in [-0.2, -0.15) is 0 Å². The van der Waals surface area contributed by atoms with Crippen LogP contribution in [0.4, 0.5) is 0 Å². The minimum absolute atomic E-state index is 1.00. The first-order valence-electron chi connectivity index (χ1n) is 25.0. The molecule has 5 aromatic heterocycles. The lowest BCUT2D eigenvalue weighted by atomic mass is 9.95. The summed E-state index contributed by atoms with van der Waals surface area (Å²) in [4.78, 5) is 2.84. The highest BCUT2D eigenvalue weighted by molar-refractivity contribution is 7.19. The van der Waals surface area contributed by atoms with Crippen molar-refractivity contribution in [3.63, 3.8) is 0 Å². The monoisotopic (exact) mass is 1030 g/mol. The van der Waals surface area contributed by atoms with Crippen LogP contribution in [0.25, 0.3) is 73.2 Å². The van der Waals surface area contributed by atoms with Gasteiger partial charge in [-0.3, -0.25) is 0 Å². The van der Waals surface area contributed by atoms with Crippen molar-refractivity contribution in [2.45, 2.75) is 83.1 Å². The third-order valence-corrected chi connectivity index (χ3v) is 17.8. The third kappa shape index (κ3) is 12.3. The van der Waals surface area contributed by atoms with Crippen LogP contribution in [0.15, 0.2) is 185 Å².